The standard InChI is InChI=1S/C19H30N6S.HI/c1-4-20-19(21-11-9-18-23-14(2)15(3)26-18)22-13-16-10-12-25(24-16)17-7-5-6-8-17;/h10,12,17H,4-9,11,13H2,1-3H3,(H2,20,21,22);1H. The van der Waals surface area contributed by atoms with Gasteiger partial charge in [0.25, 0.3) is 0 Å². The van der Waals surface area contributed by atoms with Gasteiger partial charge >= 0.3 is 0 Å². The van der Waals surface area contributed by atoms with Crippen LogP contribution in [0.1, 0.15) is 59.9 Å². The average molecular weight is 502 g/mol. The highest BCUT2D eigenvalue weighted by Gasteiger charge is 2.17. The zero-order valence-electron chi connectivity index (χ0n) is 16.5. The van der Waals surface area contributed by atoms with Gasteiger partial charge in [-0.1, -0.05) is 12.8 Å². The van der Waals surface area contributed by atoms with E-state index >= 15 is 0 Å². The van der Waals surface area contributed by atoms with Crippen LogP contribution < -0.4 is 10.6 Å². The van der Waals surface area contributed by atoms with Crippen LogP contribution in [0.3, 0.4) is 0 Å². The van der Waals surface area contributed by atoms with Crippen molar-refractivity contribution in [3.05, 3.63) is 33.5 Å². The molecule has 0 amide bonds. The zero-order chi connectivity index (χ0) is 18.4. The maximum atomic E-state index is 4.71. The number of thiazole rings is 1. The topological polar surface area (TPSA) is 67.1 Å². The molecule has 150 valence electrons. The Morgan fingerprint density at radius 1 is 1.30 bits per heavy atom. The molecule has 0 bridgehead atoms. The summed E-state index contributed by atoms with van der Waals surface area (Å²) in [6.07, 6.45) is 8.18. The molecule has 2 heterocycles. The number of aryl methyl sites for hydroxylation is 2. The third kappa shape index (κ3) is 6.44. The van der Waals surface area contributed by atoms with E-state index in [0.29, 0.717) is 12.6 Å². The lowest BCUT2D eigenvalue weighted by atomic mass is 10.3. The minimum atomic E-state index is 0. The van der Waals surface area contributed by atoms with Crippen molar-refractivity contribution < 1.29 is 0 Å². The van der Waals surface area contributed by atoms with Crippen molar-refractivity contribution in [1.29, 1.82) is 0 Å². The van der Waals surface area contributed by atoms with Crippen LogP contribution >= 0.6 is 35.3 Å². The molecule has 2 N–H and O–H groups in total. The summed E-state index contributed by atoms with van der Waals surface area (Å²) in [4.78, 5) is 10.6. The maximum Gasteiger partial charge on any atom is 0.191 e. The van der Waals surface area contributed by atoms with Crippen LogP contribution in [0, 0.1) is 13.8 Å². The predicted octanol–water partition coefficient (Wildman–Crippen LogP) is 3.99. The molecule has 0 saturated heterocycles. The molecule has 8 heteroatoms. The van der Waals surface area contributed by atoms with Gasteiger partial charge in [-0.2, -0.15) is 5.10 Å². The van der Waals surface area contributed by atoms with E-state index in [9.17, 15) is 0 Å². The molecule has 6 nitrogen and oxygen atoms in total. The van der Waals surface area contributed by atoms with Gasteiger partial charge in [0.2, 0.25) is 0 Å². The van der Waals surface area contributed by atoms with Crippen LogP contribution in [0.2, 0.25) is 0 Å². The third-order valence-electron chi connectivity index (χ3n) is 4.81. The van der Waals surface area contributed by atoms with Crippen LogP contribution in [0.25, 0.3) is 0 Å². The van der Waals surface area contributed by atoms with Crippen LogP contribution in [0.5, 0.6) is 0 Å². The second-order valence-corrected chi connectivity index (χ2v) is 8.13. The highest BCUT2D eigenvalue weighted by molar-refractivity contribution is 14.0. The average Bonchev–Trinajstić information content (AvgIpc) is 3.35. The lowest BCUT2D eigenvalue weighted by Gasteiger charge is -2.10. The number of hydrogen-bond acceptors (Lipinski definition) is 4. The molecule has 2 aromatic rings. The number of nitrogens with one attached hydrogen (secondary N) is 2. The minimum absolute atomic E-state index is 0. The molecular weight excluding hydrogens is 471 g/mol. The van der Waals surface area contributed by atoms with E-state index < -0.39 is 0 Å². The normalized spacial score (nSPS) is 15.0. The van der Waals surface area contributed by atoms with E-state index in [1.165, 1.54) is 35.6 Å². The van der Waals surface area contributed by atoms with Crippen molar-refractivity contribution in [3.63, 3.8) is 0 Å². The Labute approximate surface area is 183 Å². The van der Waals surface area contributed by atoms with Gasteiger partial charge in [0.15, 0.2) is 5.96 Å². The molecule has 1 aliphatic carbocycles. The van der Waals surface area contributed by atoms with Crippen molar-refractivity contribution in [2.45, 2.75) is 65.5 Å². The highest BCUT2D eigenvalue weighted by Crippen LogP contribution is 2.28. The van der Waals surface area contributed by atoms with Crippen molar-refractivity contribution in [3.8, 4) is 0 Å². The van der Waals surface area contributed by atoms with Crippen LogP contribution in [-0.4, -0.2) is 33.8 Å². The van der Waals surface area contributed by atoms with E-state index in [2.05, 4.69) is 58.3 Å². The number of rotatable bonds is 7. The van der Waals surface area contributed by atoms with Crippen LogP contribution in [-0.2, 0) is 13.0 Å². The van der Waals surface area contributed by atoms with Gasteiger partial charge in [0.05, 0.1) is 29.0 Å². The van der Waals surface area contributed by atoms with Gasteiger partial charge < -0.3 is 10.6 Å². The van der Waals surface area contributed by atoms with E-state index in [-0.39, 0.29) is 24.0 Å². The predicted molar refractivity (Wildman–Crippen MR) is 123 cm³/mol. The first-order valence-electron chi connectivity index (χ1n) is 9.65. The van der Waals surface area contributed by atoms with Crippen molar-refractivity contribution >= 4 is 41.3 Å². The summed E-state index contributed by atoms with van der Waals surface area (Å²) in [5.74, 6) is 0.841. The molecule has 0 aliphatic heterocycles. The second kappa shape index (κ2) is 11.0. The van der Waals surface area contributed by atoms with Gasteiger partial charge in [-0.3, -0.25) is 4.68 Å². The summed E-state index contributed by atoms with van der Waals surface area (Å²) in [5, 5.41) is 12.6. The van der Waals surface area contributed by atoms with E-state index in [0.717, 1.165) is 36.9 Å². The fourth-order valence-electron chi connectivity index (χ4n) is 3.27. The van der Waals surface area contributed by atoms with Gasteiger partial charge in [0, 0.05) is 30.6 Å². The van der Waals surface area contributed by atoms with Crippen molar-refractivity contribution in [1.82, 2.24) is 25.4 Å². The Morgan fingerprint density at radius 3 is 2.74 bits per heavy atom. The number of halogens is 1. The minimum Gasteiger partial charge on any atom is -0.357 e. The number of aromatic nitrogens is 3. The summed E-state index contributed by atoms with van der Waals surface area (Å²) in [6.45, 7) is 8.55. The highest BCUT2D eigenvalue weighted by atomic mass is 127. The molecule has 0 radical (unpaired) electrons. The van der Waals surface area contributed by atoms with E-state index in [1.807, 2.05) is 0 Å². The lowest BCUT2D eigenvalue weighted by molar-refractivity contribution is 0.463. The lowest BCUT2D eigenvalue weighted by Crippen LogP contribution is -2.38. The summed E-state index contributed by atoms with van der Waals surface area (Å²) >= 11 is 1.78. The number of hydrogen-bond donors (Lipinski definition) is 2. The zero-order valence-corrected chi connectivity index (χ0v) is 19.6. The smallest absolute Gasteiger partial charge is 0.191 e. The number of aliphatic imine (C=N–C) groups is 1. The Balaban J connectivity index is 0.00000261. The molecule has 0 atom stereocenters. The van der Waals surface area contributed by atoms with Crippen molar-refractivity contribution in [2.24, 2.45) is 4.99 Å². The monoisotopic (exact) mass is 502 g/mol. The molecule has 2 aromatic heterocycles. The third-order valence-corrected chi connectivity index (χ3v) is 5.94. The quantitative estimate of drug-likeness (QED) is 0.342. The SMILES string of the molecule is CCNC(=NCc1ccn(C2CCCC2)n1)NCCc1nc(C)c(C)s1.I. The maximum absolute atomic E-state index is 4.71. The summed E-state index contributed by atoms with van der Waals surface area (Å²) < 4.78 is 2.13. The first-order valence-corrected chi connectivity index (χ1v) is 10.5. The van der Waals surface area contributed by atoms with Crippen molar-refractivity contribution in [2.75, 3.05) is 13.1 Å². The molecule has 0 aromatic carbocycles. The fraction of sp³-hybridized carbons (Fsp3) is 0.632. The molecule has 1 aliphatic rings. The van der Waals surface area contributed by atoms with E-state index in [4.69, 9.17) is 5.10 Å². The Morgan fingerprint density at radius 2 is 2.07 bits per heavy atom. The number of nitrogens with zero attached hydrogens (tertiary/aromatic N) is 4. The van der Waals surface area contributed by atoms with Gasteiger partial charge in [-0.05, 0) is 39.7 Å². The molecule has 1 saturated carbocycles. The van der Waals surface area contributed by atoms with Gasteiger partial charge in [-0.25, -0.2) is 9.98 Å². The van der Waals surface area contributed by atoms with Crippen LogP contribution in [0.4, 0.5) is 0 Å². The largest absolute Gasteiger partial charge is 0.357 e. The molecule has 0 spiro atoms. The molecule has 1 fully saturated rings. The fourth-order valence-corrected chi connectivity index (χ4v) is 4.20. The van der Waals surface area contributed by atoms with E-state index in [1.54, 1.807) is 11.3 Å². The van der Waals surface area contributed by atoms with Gasteiger partial charge in [-0.15, -0.1) is 35.3 Å². The summed E-state index contributed by atoms with van der Waals surface area (Å²) in [6, 6.07) is 2.68. The molecule has 0 unspecified atom stereocenters. The van der Waals surface area contributed by atoms with Crippen LogP contribution in [0.15, 0.2) is 17.3 Å². The Hall–Kier alpha value is -1.16. The van der Waals surface area contributed by atoms with Gasteiger partial charge in [0.1, 0.15) is 0 Å². The first kappa shape index (κ1) is 22.1. The molecule has 27 heavy (non-hydrogen) atoms. The summed E-state index contributed by atoms with van der Waals surface area (Å²) in [7, 11) is 0. The number of guanidine groups is 1. The Bertz CT molecular complexity index is 713. The second-order valence-electron chi connectivity index (χ2n) is 6.85. The Kier molecular flexibility index (Phi) is 9.01. The first-order chi connectivity index (χ1) is 12.7. The molecular formula is C19H31IN6S. The molecule has 3 rings (SSSR count). The summed E-state index contributed by atoms with van der Waals surface area (Å²) in [5.41, 5.74) is 2.17.